The van der Waals surface area contributed by atoms with Crippen LogP contribution in [-0.4, -0.2) is 10.9 Å². The zero-order valence-electron chi connectivity index (χ0n) is 15.7. The van der Waals surface area contributed by atoms with E-state index < -0.39 is 17.3 Å². The lowest BCUT2D eigenvalue weighted by atomic mass is 10.0. The Hall–Kier alpha value is -3.70. The lowest BCUT2D eigenvalue weighted by Gasteiger charge is -2.08. The van der Waals surface area contributed by atoms with E-state index in [1.807, 2.05) is 54.6 Å². The number of halogens is 2. The van der Waals surface area contributed by atoms with Crippen LogP contribution in [0, 0.1) is 5.82 Å². The highest BCUT2D eigenvalue weighted by Crippen LogP contribution is 2.23. The number of aromatic amines is 1. The first-order chi connectivity index (χ1) is 14.5. The fraction of sp³-hybridized carbons (Fsp3) is 0. The van der Waals surface area contributed by atoms with Crippen molar-refractivity contribution in [3.05, 3.63) is 112 Å². The van der Waals surface area contributed by atoms with Crippen molar-refractivity contribution >= 4 is 23.2 Å². The van der Waals surface area contributed by atoms with Gasteiger partial charge in [0, 0.05) is 11.4 Å². The SMILES string of the molecule is O=C(Nc1ccc(F)c(Cl)c1)c1ccc(-c2ccc(-c3ccccc3)cc2)[nH]c1=O. The molecule has 0 aliphatic rings. The van der Waals surface area contributed by atoms with Crippen molar-refractivity contribution in [2.45, 2.75) is 0 Å². The van der Waals surface area contributed by atoms with Crippen LogP contribution in [0.15, 0.2) is 89.7 Å². The second-order valence-electron chi connectivity index (χ2n) is 6.64. The van der Waals surface area contributed by atoms with E-state index in [9.17, 15) is 14.0 Å². The molecule has 3 aromatic carbocycles. The van der Waals surface area contributed by atoms with Crippen molar-refractivity contribution in [3.8, 4) is 22.4 Å². The summed E-state index contributed by atoms with van der Waals surface area (Å²) in [6, 6.07) is 24.7. The first-order valence-electron chi connectivity index (χ1n) is 9.17. The first-order valence-corrected chi connectivity index (χ1v) is 9.54. The Bertz CT molecular complexity index is 1270. The largest absolute Gasteiger partial charge is 0.322 e. The minimum atomic E-state index is -0.607. The number of amides is 1. The molecule has 0 bridgehead atoms. The van der Waals surface area contributed by atoms with E-state index in [4.69, 9.17) is 11.6 Å². The summed E-state index contributed by atoms with van der Waals surface area (Å²) in [5.41, 5.74) is 3.31. The number of nitrogens with one attached hydrogen (secondary N) is 2. The second kappa shape index (κ2) is 8.35. The Morgan fingerprint density at radius 3 is 2.17 bits per heavy atom. The molecule has 1 amide bonds. The Kier molecular flexibility index (Phi) is 5.46. The molecule has 1 aromatic heterocycles. The number of carbonyl (C=O) groups is 1. The smallest absolute Gasteiger partial charge is 0.261 e. The number of pyridine rings is 1. The summed E-state index contributed by atoms with van der Waals surface area (Å²) in [7, 11) is 0. The van der Waals surface area contributed by atoms with Crippen LogP contribution in [-0.2, 0) is 0 Å². The molecular weight excluding hydrogens is 403 g/mol. The quantitative estimate of drug-likeness (QED) is 0.443. The van der Waals surface area contributed by atoms with Crippen molar-refractivity contribution in [2.75, 3.05) is 5.32 Å². The summed E-state index contributed by atoms with van der Waals surface area (Å²) in [5, 5.41) is 2.43. The molecule has 1 heterocycles. The van der Waals surface area contributed by atoms with Gasteiger partial charge in [-0.2, -0.15) is 0 Å². The van der Waals surface area contributed by atoms with Gasteiger partial charge in [0.25, 0.3) is 11.5 Å². The monoisotopic (exact) mass is 418 g/mol. The number of hydrogen-bond donors (Lipinski definition) is 2. The Balaban J connectivity index is 1.55. The normalized spacial score (nSPS) is 10.6. The summed E-state index contributed by atoms with van der Waals surface area (Å²) in [5.74, 6) is -1.19. The number of benzene rings is 3. The predicted molar refractivity (Wildman–Crippen MR) is 117 cm³/mol. The third-order valence-corrected chi connectivity index (χ3v) is 4.92. The van der Waals surface area contributed by atoms with Crippen LogP contribution in [0.3, 0.4) is 0 Å². The van der Waals surface area contributed by atoms with Crippen molar-refractivity contribution in [1.29, 1.82) is 0 Å². The highest BCUT2D eigenvalue weighted by Gasteiger charge is 2.13. The van der Waals surface area contributed by atoms with Crippen molar-refractivity contribution in [1.82, 2.24) is 4.98 Å². The molecule has 148 valence electrons. The van der Waals surface area contributed by atoms with Crippen LogP contribution in [0.5, 0.6) is 0 Å². The molecule has 0 saturated heterocycles. The Labute approximate surface area is 177 Å². The molecule has 4 rings (SSSR count). The highest BCUT2D eigenvalue weighted by atomic mass is 35.5. The van der Waals surface area contributed by atoms with Crippen LogP contribution < -0.4 is 10.9 Å². The summed E-state index contributed by atoms with van der Waals surface area (Å²) in [6.45, 7) is 0. The maximum atomic E-state index is 13.3. The molecule has 0 fully saturated rings. The Morgan fingerprint density at radius 2 is 1.50 bits per heavy atom. The number of hydrogen-bond acceptors (Lipinski definition) is 2. The van der Waals surface area contributed by atoms with E-state index in [2.05, 4.69) is 10.3 Å². The van der Waals surface area contributed by atoms with Gasteiger partial charge < -0.3 is 10.3 Å². The van der Waals surface area contributed by atoms with E-state index in [-0.39, 0.29) is 10.6 Å². The first kappa shape index (κ1) is 19.6. The molecule has 30 heavy (non-hydrogen) atoms. The van der Waals surface area contributed by atoms with E-state index >= 15 is 0 Å². The van der Waals surface area contributed by atoms with Crippen LogP contribution >= 0.6 is 11.6 Å². The van der Waals surface area contributed by atoms with Crippen LogP contribution in [0.25, 0.3) is 22.4 Å². The zero-order chi connectivity index (χ0) is 21.1. The van der Waals surface area contributed by atoms with Gasteiger partial charge in [0.2, 0.25) is 0 Å². The molecule has 0 saturated carbocycles. The number of rotatable bonds is 4. The third kappa shape index (κ3) is 4.16. The van der Waals surface area contributed by atoms with Gasteiger partial charge in [-0.1, -0.05) is 66.2 Å². The van der Waals surface area contributed by atoms with E-state index in [0.717, 1.165) is 22.8 Å². The standard InChI is InChI=1S/C24H16ClFN2O2/c25-20-14-18(10-12-21(20)26)27-23(29)19-11-13-22(28-24(19)30)17-8-6-16(7-9-17)15-4-2-1-3-5-15/h1-14H,(H,27,29)(H,28,30). The molecule has 0 atom stereocenters. The number of H-pyrrole nitrogens is 1. The topological polar surface area (TPSA) is 62.0 Å². The number of carbonyl (C=O) groups excluding carboxylic acids is 1. The molecule has 4 aromatic rings. The molecular formula is C24H16ClFN2O2. The van der Waals surface area contributed by atoms with Gasteiger partial charge in [-0.15, -0.1) is 0 Å². The molecule has 0 spiro atoms. The highest BCUT2D eigenvalue weighted by molar-refractivity contribution is 6.31. The van der Waals surface area contributed by atoms with E-state index in [1.165, 1.54) is 18.2 Å². The van der Waals surface area contributed by atoms with Crippen LogP contribution in [0.2, 0.25) is 5.02 Å². The van der Waals surface area contributed by atoms with Crippen molar-refractivity contribution in [2.24, 2.45) is 0 Å². The van der Waals surface area contributed by atoms with Gasteiger partial charge in [-0.25, -0.2) is 4.39 Å². The van der Waals surface area contributed by atoms with Crippen LogP contribution in [0.4, 0.5) is 10.1 Å². The van der Waals surface area contributed by atoms with Gasteiger partial charge in [0.05, 0.1) is 5.02 Å². The maximum absolute atomic E-state index is 13.3. The second-order valence-corrected chi connectivity index (χ2v) is 7.05. The Morgan fingerprint density at radius 1 is 0.833 bits per heavy atom. The molecule has 0 unspecified atom stereocenters. The number of anilines is 1. The average molecular weight is 419 g/mol. The van der Waals surface area contributed by atoms with Gasteiger partial charge in [0.15, 0.2) is 0 Å². The number of aromatic nitrogens is 1. The summed E-state index contributed by atoms with van der Waals surface area (Å²) < 4.78 is 13.3. The molecule has 0 aliphatic carbocycles. The fourth-order valence-corrected chi connectivity index (χ4v) is 3.25. The van der Waals surface area contributed by atoms with Gasteiger partial charge in [-0.3, -0.25) is 9.59 Å². The maximum Gasteiger partial charge on any atom is 0.261 e. The van der Waals surface area contributed by atoms with Gasteiger partial charge in [0.1, 0.15) is 11.4 Å². The van der Waals surface area contributed by atoms with Crippen molar-refractivity contribution < 1.29 is 9.18 Å². The van der Waals surface area contributed by atoms with Crippen molar-refractivity contribution in [3.63, 3.8) is 0 Å². The van der Waals surface area contributed by atoms with Crippen LogP contribution in [0.1, 0.15) is 10.4 Å². The van der Waals surface area contributed by atoms with E-state index in [0.29, 0.717) is 11.4 Å². The summed E-state index contributed by atoms with van der Waals surface area (Å²) in [4.78, 5) is 27.6. The average Bonchev–Trinajstić information content (AvgIpc) is 2.77. The van der Waals surface area contributed by atoms with Gasteiger partial charge >= 0.3 is 0 Å². The third-order valence-electron chi connectivity index (χ3n) is 4.63. The minimum Gasteiger partial charge on any atom is -0.322 e. The molecule has 6 heteroatoms. The predicted octanol–water partition coefficient (Wildman–Crippen LogP) is 5.75. The zero-order valence-corrected chi connectivity index (χ0v) is 16.4. The van der Waals surface area contributed by atoms with E-state index in [1.54, 1.807) is 6.07 Å². The fourth-order valence-electron chi connectivity index (χ4n) is 3.07. The summed E-state index contributed by atoms with van der Waals surface area (Å²) >= 11 is 5.72. The van der Waals surface area contributed by atoms with Gasteiger partial charge in [-0.05, 0) is 47.0 Å². The molecule has 2 N–H and O–H groups in total. The molecule has 0 radical (unpaired) electrons. The lowest BCUT2D eigenvalue weighted by molar-refractivity contribution is 0.102. The summed E-state index contributed by atoms with van der Waals surface area (Å²) in [6.07, 6.45) is 0. The lowest BCUT2D eigenvalue weighted by Crippen LogP contribution is -2.23. The molecule has 4 nitrogen and oxygen atoms in total. The molecule has 0 aliphatic heterocycles. The minimum absolute atomic E-state index is 0.0555.